The molecule has 117 valence electrons. The Bertz CT molecular complexity index is 718. The molecule has 2 aromatic rings. The van der Waals surface area contributed by atoms with Gasteiger partial charge in [-0.05, 0) is 0 Å². The van der Waals surface area contributed by atoms with Gasteiger partial charge in [0.1, 0.15) is 0 Å². The van der Waals surface area contributed by atoms with E-state index >= 15 is 0 Å². The first-order chi connectivity index (χ1) is 10.5. The van der Waals surface area contributed by atoms with Gasteiger partial charge in [-0.25, -0.2) is 0 Å². The van der Waals surface area contributed by atoms with Crippen LogP contribution in [0.15, 0.2) is 45.5 Å². The third-order valence-corrected chi connectivity index (χ3v) is 4.07. The standard InChI is InChI=1S/C19H21N2.Ni/c1-12-8-6-9-13(2)17(12)18(20)16(5)21-19-14(3)10-7-11-15(19)4;/h6-11H,1-5H3;/q-1;+1. The average Bonchev–Trinajstić information content (AvgIpc) is 2.47. The van der Waals surface area contributed by atoms with Crippen molar-refractivity contribution in [2.45, 2.75) is 34.6 Å². The summed E-state index contributed by atoms with van der Waals surface area (Å²) in [4.78, 5) is 4.81. The third-order valence-electron chi connectivity index (χ3n) is 3.85. The number of nitrogens with zero attached hydrogens (tertiary/aromatic N) is 2. The van der Waals surface area contributed by atoms with Gasteiger partial charge in [-0.3, -0.25) is 0 Å². The molecule has 0 N–H and O–H groups in total. The van der Waals surface area contributed by atoms with Crippen LogP contribution in [0.3, 0.4) is 0 Å². The van der Waals surface area contributed by atoms with Crippen molar-refractivity contribution < 1.29 is 15.7 Å². The van der Waals surface area contributed by atoms with Crippen molar-refractivity contribution in [1.29, 1.82) is 0 Å². The van der Waals surface area contributed by atoms with E-state index in [1.54, 1.807) is 0 Å². The van der Waals surface area contributed by atoms with Gasteiger partial charge in [0, 0.05) is 0 Å². The maximum absolute atomic E-state index is 4.81. The molecule has 0 aliphatic rings. The summed E-state index contributed by atoms with van der Waals surface area (Å²) in [5.74, 6) is 0. The fraction of sp³-hybridized carbons (Fsp3) is 0.263. The molecule has 3 heteroatoms. The summed E-state index contributed by atoms with van der Waals surface area (Å²) in [7, 11) is 0. The number of hydrogen-bond acceptors (Lipinski definition) is 2. The first-order valence-electron chi connectivity index (χ1n) is 7.30. The molecule has 0 atom stereocenters. The Hall–Kier alpha value is -1.73. The second kappa shape index (κ2) is 7.02. The van der Waals surface area contributed by atoms with Crippen molar-refractivity contribution in [1.82, 2.24) is 0 Å². The maximum atomic E-state index is 4.81. The van der Waals surface area contributed by atoms with E-state index in [2.05, 4.69) is 68.2 Å². The molecular weight excluding hydrogens is 315 g/mol. The zero-order chi connectivity index (χ0) is 16.3. The van der Waals surface area contributed by atoms with Gasteiger partial charge < -0.3 is 0 Å². The molecule has 2 aromatic carbocycles. The quantitative estimate of drug-likeness (QED) is 0.559. The molecule has 0 bridgehead atoms. The van der Waals surface area contributed by atoms with Gasteiger partial charge in [-0.2, -0.15) is 0 Å². The molecular formula is C19H21N2Ni. The van der Waals surface area contributed by atoms with Crippen molar-refractivity contribution in [2.24, 2.45) is 9.07 Å². The van der Waals surface area contributed by atoms with E-state index in [1.807, 2.05) is 6.92 Å². The molecule has 2 rings (SSSR count). The Morgan fingerprint density at radius 1 is 0.818 bits per heavy atom. The summed E-state index contributed by atoms with van der Waals surface area (Å²) in [5.41, 5.74) is 8.44. The zero-order valence-electron chi connectivity index (χ0n) is 13.7. The average molecular weight is 336 g/mol. The summed E-state index contributed by atoms with van der Waals surface area (Å²) < 4.78 is 4.15. The van der Waals surface area contributed by atoms with Crippen molar-refractivity contribution >= 4 is 17.1 Å². The number of hydrogen-bond donors (Lipinski definition) is 0. The summed E-state index contributed by atoms with van der Waals surface area (Å²) in [6, 6.07) is 12.4. The zero-order valence-corrected chi connectivity index (χ0v) is 14.7. The SMILES string of the molecule is CC(=Nc1c(C)cccc1C)C(=[N][Ni])c1c(C)cccc1C. The van der Waals surface area contributed by atoms with E-state index in [0.29, 0.717) is 0 Å². The molecule has 0 heterocycles. The first kappa shape index (κ1) is 16.6. The molecule has 22 heavy (non-hydrogen) atoms. The Balaban J connectivity index is 2.55. The molecule has 0 fully saturated rings. The van der Waals surface area contributed by atoms with Crippen LogP contribution >= 0.6 is 0 Å². The van der Waals surface area contributed by atoms with Crippen LogP contribution in [0.4, 0.5) is 5.69 Å². The Morgan fingerprint density at radius 2 is 1.27 bits per heavy atom. The molecule has 0 amide bonds. The monoisotopic (exact) mass is 335 g/mol. The van der Waals surface area contributed by atoms with Gasteiger partial charge in [0.25, 0.3) is 0 Å². The minimum absolute atomic E-state index is 0.804. The molecule has 0 aliphatic heterocycles. The summed E-state index contributed by atoms with van der Waals surface area (Å²) in [5, 5.41) is 0. The van der Waals surface area contributed by atoms with E-state index in [-0.39, 0.29) is 0 Å². The molecule has 0 saturated heterocycles. The molecule has 0 aromatic heterocycles. The van der Waals surface area contributed by atoms with Crippen molar-refractivity contribution in [3.05, 3.63) is 64.2 Å². The summed E-state index contributed by atoms with van der Waals surface area (Å²) >= 11 is 4.72. The third kappa shape index (κ3) is 3.36. The molecule has 0 saturated carbocycles. The van der Waals surface area contributed by atoms with E-state index in [1.165, 1.54) is 11.1 Å². The predicted molar refractivity (Wildman–Crippen MR) is 91.1 cm³/mol. The Morgan fingerprint density at radius 3 is 1.73 bits per heavy atom. The van der Waals surface area contributed by atoms with Crippen molar-refractivity contribution in [3.8, 4) is 0 Å². The van der Waals surface area contributed by atoms with Crippen LogP contribution in [0.2, 0.25) is 0 Å². The van der Waals surface area contributed by atoms with Crippen LogP contribution < -0.4 is 0 Å². The normalized spacial score (nSPS) is 12.7. The van der Waals surface area contributed by atoms with Crippen LogP contribution in [-0.2, 0) is 15.7 Å². The van der Waals surface area contributed by atoms with E-state index in [4.69, 9.17) is 20.7 Å². The number of rotatable bonds is 3. The van der Waals surface area contributed by atoms with Crippen LogP contribution in [0.1, 0.15) is 34.7 Å². The first-order valence-corrected chi connectivity index (χ1v) is 7.74. The van der Waals surface area contributed by atoms with Crippen LogP contribution in [0, 0.1) is 27.7 Å². The Kier molecular flexibility index (Phi) is 5.31. The van der Waals surface area contributed by atoms with Crippen molar-refractivity contribution in [3.63, 3.8) is 0 Å². The van der Waals surface area contributed by atoms with Gasteiger partial charge >= 0.3 is 141 Å². The van der Waals surface area contributed by atoms with Gasteiger partial charge in [0.2, 0.25) is 0 Å². The number of aryl methyl sites for hydroxylation is 4. The van der Waals surface area contributed by atoms with Crippen LogP contribution in [0.25, 0.3) is 0 Å². The number of aliphatic imine (C=N–C) groups is 1. The number of benzene rings is 2. The van der Waals surface area contributed by atoms with E-state index in [9.17, 15) is 0 Å². The van der Waals surface area contributed by atoms with E-state index in [0.717, 1.165) is 33.8 Å². The van der Waals surface area contributed by atoms with Crippen LogP contribution in [-0.4, -0.2) is 11.4 Å². The van der Waals surface area contributed by atoms with Crippen LogP contribution in [0.5, 0.6) is 0 Å². The molecule has 0 unspecified atom stereocenters. The second-order valence-corrected chi connectivity index (χ2v) is 5.84. The van der Waals surface area contributed by atoms with Gasteiger partial charge in [-0.1, -0.05) is 0 Å². The van der Waals surface area contributed by atoms with Gasteiger partial charge in [-0.15, -0.1) is 0 Å². The summed E-state index contributed by atoms with van der Waals surface area (Å²) in [6.45, 7) is 10.3. The Labute approximate surface area is 141 Å². The second-order valence-electron chi connectivity index (χ2n) is 5.62. The topological polar surface area (TPSA) is 24.7 Å². The molecule has 0 radical (unpaired) electrons. The van der Waals surface area contributed by atoms with Gasteiger partial charge in [0.05, 0.1) is 0 Å². The molecule has 0 aliphatic carbocycles. The predicted octanol–water partition coefficient (Wildman–Crippen LogP) is 4.96. The van der Waals surface area contributed by atoms with E-state index < -0.39 is 0 Å². The molecule has 0 spiro atoms. The fourth-order valence-corrected chi connectivity index (χ4v) is 2.93. The van der Waals surface area contributed by atoms with Crippen molar-refractivity contribution in [2.75, 3.05) is 0 Å². The molecule has 2 nitrogen and oxygen atoms in total. The number of para-hydroxylation sites is 1. The minimum atomic E-state index is 0.804. The van der Waals surface area contributed by atoms with Gasteiger partial charge in [0.15, 0.2) is 0 Å². The summed E-state index contributed by atoms with van der Waals surface area (Å²) in [6.07, 6.45) is 0. The fourth-order valence-electron chi connectivity index (χ4n) is 2.66.